The summed E-state index contributed by atoms with van der Waals surface area (Å²) in [6.07, 6.45) is 0.815. The first-order chi connectivity index (χ1) is 10.7. The minimum Gasteiger partial charge on any atom is -0.309 e. The second-order valence-corrected chi connectivity index (χ2v) is 6.34. The maximum absolute atomic E-state index is 4.33. The molecule has 0 amide bonds. The van der Waals surface area contributed by atoms with Crippen LogP contribution in [0.4, 0.5) is 0 Å². The molecule has 1 aromatic heterocycles. The summed E-state index contributed by atoms with van der Waals surface area (Å²) < 4.78 is 2.09. The molecule has 3 aromatic rings. The fourth-order valence-electron chi connectivity index (χ4n) is 2.24. The Bertz CT molecular complexity index is 733. The molecule has 0 N–H and O–H groups in total. The lowest BCUT2D eigenvalue weighted by molar-refractivity contribution is 0.749. The number of hydrogen-bond acceptors (Lipinski definition) is 3. The highest BCUT2D eigenvalue weighted by Crippen LogP contribution is 2.22. The zero-order chi connectivity index (χ0) is 15.4. The molecule has 22 heavy (non-hydrogen) atoms. The first-order valence-electron chi connectivity index (χ1n) is 7.33. The highest BCUT2D eigenvalue weighted by atomic mass is 32.2. The Hall–Kier alpha value is -2.07. The van der Waals surface area contributed by atoms with Crippen LogP contribution in [-0.4, -0.2) is 14.8 Å². The lowest BCUT2D eigenvalue weighted by Crippen LogP contribution is -2.00. The van der Waals surface area contributed by atoms with E-state index in [1.54, 1.807) is 11.8 Å². The third-order valence-corrected chi connectivity index (χ3v) is 4.71. The predicted octanol–water partition coefficient (Wildman–Crippen LogP) is 4.01. The minimum absolute atomic E-state index is 0.815. The van der Waals surface area contributed by atoms with Crippen LogP contribution in [0, 0.1) is 6.92 Å². The molecule has 0 saturated carbocycles. The smallest absolute Gasteiger partial charge is 0.191 e. The van der Waals surface area contributed by atoms with Crippen LogP contribution in [0.25, 0.3) is 0 Å². The SMILES string of the molecule is Cc1ccc(CSc2nnc(Cc3ccccc3)n2C)cc1. The highest BCUT2D eigenvalue weighted by Gasteiger charge is 2.09. The van der Waals surface area contributed by atoms with E-state index in [-0.39, 0.29) is 0 Å². The van der Waals surface area contributed by atoms with E-state index in [9.17, 15) is 0 Å². The Balaban J connectivity index is 1.67. The average molecular weight is 309 g/mol. The maximum Gasteiger partial charge on any atom is 0.191 e. The number of thioether (sulfide) groups is 1. The van der Waals surface area contributed by atoms with Gasteiger partial charge in [-0.3, -0.25) is 0 Å². The molecule has 0 bridgehead atoms. The average Bonchev–Trinajstić information content (AvgIpc) is 2.88. The van der Waals surface area contributed by atoms with Crippen LogP contribution in [0.1, 0.15) is 22.5 Å². The molecule has 0 aliphatic rings. The monoisotopic (exact) mass is 309 g/mol. The molecule has 3 rings (SSSR count). The quantitative estimate of drug-likeness (QED) is 0.667. The van der Waals surface area contributed by atoms with Crippen molar-refractivity contribution in [3.05, 3.63) is 77.1 Å². The van der Waals surface area contributed by atoms with E-state index in [1.165, 1.54) is 16.7 Å². The number of aromatic nitrogens is 3. The molecular formula is C18H19N3S. The molecule has 0 aliphatic heterocycles. The van der Waals surface area contributed by atoms with Crippen molar-refractivity contribution in [2.75, 3.05) is 0 Å². The van der Waals surface area contributed by atoms with Crippen molar-refractivity contribution in [2.45, 2.75) is 24.3 Å². The van der Waals surface area contributed by atoms with Gasteiger partial charge in [-0.2, -0.15) is 0 Å². The number of nitrogens with zero attached hydrogens (tertiary/aromatic N) is 3. The summed E-state index contributed by atoms with van der Waals surface area (Å²) in [6, 6.07) is 19.0. The molecule has 0 radical (unpaired) electrons. The van der Waals surface area contributed by atoms with Crippen molar-refractivity contribution >= 4 is 11.8 Å². The zero-order valence-electron chi connectivity index (χ0n) is 12.9. The van der Waals surface area contributed by atoms with Gasteiger partial charge in [0.25, 0.3) is 0 Å². The first-order valence-corrected chi connectivity index (χ1v) is 8.31. The van der Waals surface area contributed by atoms with Gasteiger partial charge in [0.2, 0.25) is 0 Å². The normalized spacial score (nSPS) is 10.8. The van der Waals surface area contributed by atoms with Crippen molar-refractivity contribution < 1.29 is 0 Å². The molecule has 0 spiro atoms. The van der Waals surface area contributed by atoms with Crippen LogP contribution in [0.15, 0.2) is 59.8 Å². The number of aryl methyl sites for hydroxylation is 1. The van der Waals surface area contributed by atoms with Gasteiger partial charge in [0.15, 0.2) is 5.16 Å². The summed E-state index contributed by atoms with van der Waals surface area (Å²) in [5.41, 5.74) is 3.86. The molecule has 0 unspecified atom stereocenters. The lowest BCUT2D eigenvalue weighted by atomic mass is 10.1. The van der Waals surface area contributed by atoms with E-state index >= 15 is 0 Å². The Morgan fingerprint density at radius 1 is 0.909 bits per heavy atom. The number of rotatable bonds is 5. The van der Waals surface area contributed by atoms with Gasteiger partial charge in [-0.05, 0) is 18.1 Å². The Kier molecular flexibility index (Phi) is 4.59. The zero-order valence-corrected chi connectivity index (χ0v) is 13.7. The van der Waals surface area contributed by atoms with Crippen LogP contribution in [0.5, 0.6) is 0 Å². The van der Waals surface area contributed by atoms with Crippen molar-refractivity contribution in [3.63, 3.8) is 0 Å². The largest absolute Gasteiger partial charge is 0.309 e. The van der Waals surface area contributed by atoms with Crippen molar-refractivity contribution in [1.29, 1.82) is 0 Å². The summed E-state index contributed by atoms with van der Waals surface area (Å²) in [6.45, 7) is 2.11. The standard InChI is InChI=1S/C18H19N3S/c1-14-8-10-16(11-9-14)13-22-18-20-19-17(21(18)2)12-15-6-4-3-5-7-15/h3-11H,12-13H2,1-2H3. The second kappa shape index (κ2) is 6.79. The van der Waals surface area contributed by atoms with Crippen molar-refractivity contribution in [3.8, 4) is 0 Å². The Morgan fingerprint density at radius 3 is 2.36 bits per heavy atom. The Morgan fingerprint density at radius 2 is 1.64 bits per heavy atom. The van der Waals surface area contributed by atoms with Gasteiger partial charge in [0.05, 0.1) is 0 Å². The van der Waals surface area contributed by atoms with Gasteiger partial charge in [-0.1, -0.05) is 71.9 Å². The maximum atomic E-state index is 4.33. The predicted molar refractivity (Wildman–Crippen MR) is 91.0 cm³/mol. The van der Waals surface area contributed by atoms with Gasteiger partial charge >= 0.3 is 0 Å². The van der Waals surface area contributed by atoms with Crippen LogP contribution < -0.4 is 0 Å². The third kappa shape index (κ3) is 3.57. The Labute approximate surface area is 135 Å². The van der Waals surface area contributed by atoms with Gasteiger partial charge < -0.3 is 4.57 Å². The van der Waals surface area contributed by atoms with Gasteiger partial charge in [0.1, 0.15) is 5.82 Å². The van der Waals surface area contributed by atoms with E-state index in [0.717, 1.165) is 23.2 Å². The first kappa shape index (κ1) is 14.9. The molecular weight excluding hydrogens is 290 g/mol. The topological polar surface area (TPSA) is 30.7 Å². The molecule has 0 saturated heterocycles. The van der Waals surface area contributed by atoms with Gasteiger partial charge in [0, 0.05) is 19.2 Å². The van der Waals surface area contributed by atoms with E-state index in [0.29, 0.717) is 0 Å². The van der Waals surface area contributed by atoms with Crippen LogP contribution in [0.3, 0.4) is 0 Å². The van der Waals surface area contributed by atoms with Crippen molar-refractivity contribution in [1.82, 2.24) is 14.8 Å². The fraction of sp³-hybridized carbons (Fsp3) is 0.222. The summed E-state index contributed by atoms with van der Waals surface area (Å²) in [5.74, 6) is 1.91. The minimum atomic E-state index is 0.815. The summed E-state index contributed by atoms with van der Waals surface area (Å²) in [5, 5.41) is 9.61. The van der Waals surface area contributed by atoms with Crippen LogP contribution >= 0.6 is 11.8 Å². The summed E-state index contributed by atoms with van der Waals surface area (Å²) in [4.78, 5) is 0. The van der Waals surface area contributed by atoms with E-state index < -0.39 is 0 Å². The summed E-state index contributed by atoms with van der Waals surface area (Å²) in [7, 11) is 2.04. The molecule has 1 heterocycles. The molecule has 0 fully saturated rings. The molecule has 112 valence electrons. The molecule has 2 aromatic carbocycles. The summed E-state index contributed by atoms with van der Waals surface area (Å²) >= 11 is 1.73. The van der Waals surface area contributed by atoms with Gasteiger partial charge in [-0.25, -0.2) is 0 Å². The van der Waals surface area contributed by atoms with Crippen LogP contribution in [-0.2, 0) is 19.2 Å². The molecule has 0 atom stereocenters. The van der Waals surface area contributed by atoms with Gasteiger partial charge in [-0.15, -0.1) is 10.2 Å². The molecule has 0 aliphatic carbocycles. The van der Waals surface area contributed by atoms with E-state index in [4.69, 9.17) is 0 Å². The number of hydrogen-bond donors (Lipinski definition) is 0. The highest BCUT2D eigenvalue weighted by molar-refractivity contribution is 7.98. The van der Waals surface area contributed by atoms with Crippen LogP contribution in [0.2, 0.25) is 0 Å². The molecule has 4 heteroatoms. The second-order valence-electron chi connectivity index (χ2n) is 5.39. The third-order valence-electron chi connectivity index (χ3n) is 3.62. The lowest BCUT2D eigenvalue weighted by Gasteiger charge is -2.04. The van der Waals surface area contributed by atoms with E-state index in [2.05, 4.69) is 70.2 Å². The number of benzene rings is 2. The van der Waals surface area contributed by atoms with Crippen molar-refractivity contribution in [2.24, 2.45) is 7.05 Å². The molecule has 3 nitrogen and oxygen atoms in total. The fourth-order valence-corrected chi connectivity index (χ4v) is 3.12. The van der Waals surface area contributed by atoms with E-state index in [1.807, 2.05) is 13.1 Å².